The quantitative estimate of drug-likeness (QED) is 0.653. The molecule has 1 aliphatic carbocycles. The Bertz CT molecular complexity index is 284. The van der Waals surface area contributed by atoms with Gasteiger partial charge in [-0.15, -0.1) is 0 Å². The van der Waals surface area contributed by atoms with Crippen molar-refractivity contribution in [2.45, 2.75) is 58.9 Å². The lowest BCUT2D eigenvalue weighted by Gasteiger charge is -2.47. The second kappa shape index (κ2) is 3.23. The highest BCUT2D eigenvalue weighted by Gasteiger charge is 2.54. The first kappa shape index (κ1) is 11.0. The Morgan fingerprint density at radius 3 is 2.40 bits per heavy atom. The molecule has 0 aromatic rings. The lowest BCUT2D eigenvalue weighted by Crippen LogP contribution is -2.49. The van der Waals surface area contributed by atoms with Gasteiger partial charge in [0.2, 0.25) is 5.91 Å². The molecule has 0 aromatic carbocycles. The molecule has 3 atom stereocenters. The Morgan fingerprint density at radius 1 is 1.27 bits per heavy atom. The minimum Gasteiger partial charge on any atom is -0.351 e. The van der Waals surface area contributed by atoms with Gasteiger partial charge in [0.1, 0.15) is 0 Å². The molecule has 2 nitrogen and oxygen atoms in total. The van der Waals surface area contributed by atoms with Crippen molar-refractivity contribution in [1.29, 1.82) is 0 Å². The van der Waals surface area contributed by atoms with Gasteiger partial charge in [-0.1, -0.05) is 13.8 Å². The van der Waals surface area contributed by atoms with E-state index in [0.717, 1.165) is 18.3 Å². The predicted octanol–water partition coefficient (Wildman–Crippen LogP) is 2.73. The van der Waals surface area contributed by atoms with Gasteiger partial charge in [-0.25, -0.2) is 0 Å². The minimum atomic E-state index is -0.00150. The molecule has 1 saturated carbocycles. The van der Waals surface area contributed by atoms with Crippen molar-refractivity contribution in [2.75, 3.05) is 0 Å². The number of carbonyl (C=O) groups excluding carboxylic acids is 1. The van der Waals surface area contributed by atoms with Gasteiger partial charge in [-0.3, -0.25) is 4.79 Å². The highest BCUT2D eigenvalue weighted by Crippen LogP contribution is 2.53. The fraction of sp³-hybridized carbons (Fsp3) is 0.923. The SMILES string of the molecule is CC1CCC2(CC(=O)NC2(C)C)CC1C. The van der Waals surface area contributed by atoms with Crippen molar-refractivity contribution in [3.8, 4) is 0 Å². The summed E-state index contributed by atoms with van der Waals surface area (Å²) in [5, 5.41) is 3.15. The van der Waals surface area contributed by atoms with Gasteiger partial charge in [-0.05, 0) is 44.9 Å². The van der Waals surface area contributed by atoms with Crippen molar-refractivity contribution in [3.63, 3.8) is 0 Å². The van der Waals surface area contributed by atoms with E-state index in [9.17, 15) is 4.79 Å². The first-order chi connectivity index (χ1) is 6.86. The van der Waals surface area contributed by atoms with Crippen LogP contribution < -0.4 is 5.32 Å². The zero-order valence-corrected chi connectivity index (χ0v) is 10.4. The summed E-state index contributed by atoms with van der Waals surface area (Å²) in [6.07, 6.45) is 4.45. The first-order valence-corrected chi connectivity index (χ1v) is 6.17. The van der Waals surface area contributed by atoms with Crippen LogP contribution in [0.1, 0.15) is 53.4 Å². The summed E-state index contributed by atoms with van der Waals surface area (Å²) in [5.41, 5.74) is 0.231. The number of rotatable bonds is 0. The van der Waals surface area contributed by atoms with Crippen LogP contribution in [-0.4, -0.2) is 11.4 Å². The monoisotopic (exact) mass is 209 g/mol. The maximum atomic E-state index is 11.6. The zero-order valence-electron chi connectivity index (χ0n) is 10.4. The van der Waals surface area contributed by atoms with Crippen molar-refractivity contribution < 1.29 is 4.79 Å². The largest absolute Gasteiger partial charge is 0.351 e. The summed E-state index contributed by atoms with van der Waals surface area (Å²) in [7, 11) is 0. The van der Waals surface area contributed by atoms with Gasteiger partial charge in [-0.2, -0.15) is 0 Å². The third-order valence-electron chi connectivity index (χ3n) is 5.04. The molecule has 1 heterocycles. The Hall–Kier alpha value is -0.530. The maximum Gasteiger partial charge on any atom is 0.221 e. The van der Waals surface area contributed by atoms with Gasteiger partial charge in [0.05, 0.1) is 0 Å². The number of hydrogen-bond acceptors (Lipinski definition) is 1. The van der Waals surface area contributed by atoms with E-state index in [4.69, 9.17) is 0 Å². The Morgan fingerprint density at radius 2 is 1.93 bits per heavy atom. The topological polar surface area (TPSA) is 29.1 Å². The van der Waals surface area contributed by atoms with Gasteiger partial charge in [0, 0.05) is 17.4 Å². The molecule has 0 radical (unpaired) electrons. The van der Waals surface area contributed by atoms with Crippen molar-refractivity contribution in [2.24, 2.45) is 17.3 Å². The Labute approximate surface area is 92.8 Å². The third-order valence-corrected chi connectivity index (χ3v) is 5.04. The zero-order chi connectivity index (χ0) is 11.3. The maximum absolute atomic E-state index is 11.6. The van der Waals surface area contributed by atoms with Crippen LogP contribution in [0.2, 0.25) is 0 Å². The van der Waals surface area contributed by atoms with Crippen LogP contribution in [0.5, 0.6) is 0 Å². The summed E-state index contributed by atoms with van der Waals surface area (Å²) in [6.45, 7) is 9.07. The Kier molecular flexibility index (Phi) is 2.36. The average Bonchev–Trinajstić information content (AvgIpc) is 2.30. The van der Waals surface area contributed by atoms with Crippen LogP contribution >= 0.6 is 0 Å². The second-order valence-corrected chi connectivity index (χ2v) is 6.33. The van der Waals surface area contributed by atoms with Crippen LogP contribution in [0.3, 0.4) is 0 Å². The highest BCUT2D eigenvalue weighted by molar-refractivity contribution is 5.80. The normalized spacial score (nSPS) is 44.4. The minimum absolute atomic E-state index is 0.00150. The Balaban J connectivity index is 2.23. The number of hydrogen-bond donors (Lipinski definition) is 1. The molecule has 0 bridgehead atoms. The molecule has 2 aliphatic rings. The predicted molar refractivity (Wildman–Crippen MR) is 61.5 cm³/mol. The standard InChI is InChI=1S/C13H23NO/c1-9-5-6-13(7-10(9)2)8-11(15)14-12(13,3)4/h9-10H,5-8H2,1-4H3,(H,14,15). The summed E-state index contributed by atoms with van der Waals surface area (Å²) in [6, 6.07) is 0. The van der Waals surface area contributed by atoms with E-state index in [1.807, 2.05) is 0 Å². The third kappa shape index (κ3) is 1.58. The highest BCUT2D eigenvalue weighted by atomic mass is 16.2. The summed E-state index contributed by atoms with van der Waals surface area (Å²) in [5.74, 6) is 1.83. The van der Waals surface area contributed by atoms with Gasteiger partial charge in [0.15, 0.2) is 0 Å². The average molecular weight is 209 g/mol. The molecule has 86 valence electrons. The van der Waals surface area contributed by atoms with Gasteiger partial charge >= 0.3 is 0 Å². The summed E-state index contributed by atoms with van der Waals surface area (Å²) < 4.78 is 0. The van der Waals surface area contributed by atoms with Gasteiger partial charge < -0.3 is 5.32 Å². The van der Waals surface area contributed by atoms with E-state index < -0.39 is 0 Å². The van der Waals surface area contributed by atoms with Crippen LogP contribution in [-0.2, 0) is 4.79 Å². The molecule has 1 aliphatic heterocycles. The molecule has 1 amide bonds. The molecular formula is C13H23NO. The molecule has 2 fully saturated rings. The molecule has 15 heavy (non-hydrogen) atoms. The van der Waals surface area contributed by atoms with E-state index in [1.165, 1.54) is 19.3 Å². The molecule has 1 saturated heterocycles. The molecule has 2 heteroatoms. The summed E-state index contributed by atoms with van der Waals surface area (Å²) >= 11 is 0. The van der Waals surface area contributed by atoms with Crippen LogP contribution in [0.15, 0.2) is 0 Å². The lowest BCUT2D eigenvalue weighted by atomic mass is 9.59. The smallest absolute Gasteiger partial charge is 0.221 e. The molecule has 1 N–H and O–H groups in total. The fourth-order valence-corrected chi connectivity index (χ4v) is 3.49. The van der Waals surface area contributed by atoms with E-state index in [1.54, 1.807) is 0 Å². The number of carbonyl (C=O) groups is 1. The fourth-order valence-electron chi connectivity index (χ4n) is 3.49. The van der Waals surface area contributed by atoms with Crippen molar-refractivity contribution >= 4 is 5.91 Å². The van der Waals surface area contributed by atoms with E-state index >= 15 is 0 Å². The van der Waals surface area contributed by atoms with Crippen LogP contribution in [0.25, 0.3) is 0 Å². The number of amides is 1. The molecule has 0 aromatic heterocycles. The summed E-state index contributed by atoms with van der Waals surface area (Å²) in [4.78, 5) is 11.6. The molecular weight excluding hydrogens is 186 g/mol. The number of nitrogens with one attached hydrogen (secondary N) is 1. The van der Waals surface area contributed by atoms with Gasteiger partial charge in [0.25, 0.3) is 0 Å². The van der Waals surface area contributed by atoms with Crippen LogP contribution in [0, 0.1) is 17.3 Å². The molecule has 2 rings (SSSR count). The van der Waals surface area contributed by atoms with Crippen LogP contribution in [0.4, 0.5) is 0 Å². The second-order valence-electron chi connectivity index (χ2n) is 6.33. The van der Waals surface area contributed by atoms with Crippen molar-refractivity contribution in [1.82, 2.24) is 5.32 Å². The van der Waals surface area contributed by atoms with E-state index in [-0.39, 0.29) is 16.9 Å². The van der Waals surface area contributed by atoms with E-state index in [0.29, 0.717) is 0 Å². The first-order valence-electron chi connectivity index (χ1n) is 6.17. The van der Waals surface area contributed by atoms with Crippen molar-refractivity contribution in [3.05, 3.63) is 0 Å². The van der Waals surface area contributed by atoms with E-state index in [2.05, 4.69) is 33.0 Å². The molecule has 3 unspecified atom stereocenters. The lowest BCUT2D eigenvalue weighted by molar-refractivity contribution is -0.120. The molecule has 1 spiro atoms.